The topological polar surface area (TPSA) is 133 Å². The van der Waals surface area contributed by atoms with Crippen molar-refractivity contribution in [2.45, 2.75) is 25.5 Å². The minimum atomic E-state index is -1.84. The molecule has 0 spiro atoms. The smallest absolute Gasteiger partial charge is 0.269 e. The Hall–Kier alpha value is -2.79. The summed E-state index contributed by atoms with van der Waals surface area (Å²) in [5.74, 6) is -4.43. The van der Waals surface area contributed by atoms with Crippen LogP contribution in [0.3, 0.4) is 0 Å². The van der Waals surface area contributed by atoms with E-state index in [0.717, 1.165) is 0 Å². The Balaban J connectivity index is 2.63. The Kier molecular flexibility index (Phi) is 4.16. The summed E-state index contributed by atoms with van der Waals surface area (Å²) >= 11 is 0. The Labute approximate surface area is 131 Å². The Morgan fingerprint density at radius 1 is 1.52 bits per heavy atom. The van der Waals surface area contributed by atoms with Gasteiger partial charge in [-0.1, -0.05) is 12.1 Å². The van der Waals surface area contributed by atoms with Crippen LogP contribution in [0, 0.1) is 33.3 Å². The number of nitrogens with zero attached hydrogens (tertiary/aromatic N) is 2. The predicted molar refractivity (Wildman–Crippen MR) is 77.9 cm³/mol. The van der Waals surface area contributed by atoms with Crippen molar-refractivity contribution < 1.29 is 19.6 Å². The van der Waals surface area contributed by atoms with Crippen molar-refractivity contribution in [3.05, 3.63) is 39.9 Å². The zero-order chi connectivity index (χ0) is 17.4. The average molecular weight is 317 g/mol. The van der Waals surface area contributed by atoms with Crippen LogP contribution in [0.15, 0.2) is 24.3 Å². The lowest BCUT2D eigenvalue weighted by Crippen LogP contribution is -2.62. The van der Waals surface area contributed by atoms with E-state index in [1.165, 1.54) is 38.1 Å². The van der Waals surface area contributed by atoms with Crippen LogP contribution in [0.25, 0.3) is 0 Å². The van der Waals surface area contributed by atoms with E-state index in [1.807, 2.05) is 6.07 Å². The molecule has 23 heavy (non-hydrogen) atoms. The molecule has 1 heterocycles. The number of hydrogen-bond acceptors (Lipinski definition) is 6. The molecule has 120 valence electrons. The molecule has 1 aromatic rings. The second-order valence-electron chi connectivity index (χ2n) is 5.71. The van der Waals surface area contributed by atoms with Crippen molar-refractivity contribution in [2.24, 2.45) is 11.8 Å². The fraction of sp³-hybridized carbons (Fsp3) is 0.400. The van der Waals surface area contributed by atoms with Gasteiger partial charge >= 0.3 is 0 Å². The lowest BCUT2D eigenvalue weighted by Gasteiger charge is -2.43. The number of nitro benzene ring substituents is 1. The number of aliphatic hydroxyl groups is 1. The van der Waals surface area contributed by atoms with Gasteiger partial charge in [-0.25, -0.2) is 0 Å². The first kappa shape index (κ1) is 16.6. The van der Waals surface area contributed by atoms with E-state index in [0.29, 0.717) is 5.56 Å². The van der Waals surface area contributed by atoms with Crippen molar-refractivity contribution in [3.8, 4) is 6.07 Å². The lowest BCUT2D eigenvalue weighted by molar-refractivity contribution is -0.385. The lowest BCUT2D eigenvalue weighted by atomic mass is 9.68. The summed E-state index contributed by atoms with van der Waals surface area (Å²) in [5, 5.41) is 32.9. The van der Waals surface area contributed by atoms with Crippen LogP contribution >= 0.6 is 0 Å². The van der Waals surface area contributed by atoms with Gasteiger partial charge in [0.25, 0.3) is 5.69 Å². The number of ketones is 1. The number of benzene rings is 1. The molecular weight excluding hydrogens is 302 g/mol. The number of amides is 1. The third-order valence-electron chi connectivity index (χ3n) is 4.03. The molecule has 0 bridgehead atoms. The number of nitro groups is 1. The quantitative estimate of drug-likeness (QED) is 0.627. The van der Waals surface area contributed by atoms with Crippen LogP contribution in [-0.2, 0) is 9.59 Å². The van der Waals surface area contributed by atoms with Crippen LogP contribution in [-0.4, -0.2) is 27.4 Å². The number of rotatable bonds is 3. The highest BCUT2D eigenvalue weighted by Gasteiger charge is 2.52. The number of Topliss-reactive ketones (excluding diaryl/α,β-unsaturated/α-hetero) is 1. The summed E-state index contributed by atoms with van der Waals surface area (Å²) in [6.45, 7) is 2.52. The molecule has 1 fully saturated rings. The third kappa shape index (κ3) is 2.91. The van der Waals surface area contributed by atoms with Crippen LogP contribution < -0.4 is 5.32 Å². The van der Waals surface area contributed by atoms with Gasteiger partial charge in [0.05, 0.1) is 16.9 Å². The zero-order valence-electron chi connectivity index (χ0n) is 12.5. The number of nitrogens with one attached hydrogen (secondary N) is 1. The normalized spacial score (nSPS) is 30.2. The van der Waals surface area contributed by atoms with E-state index in [-0.39, 0.29) is 5.69 Å². The van der Waals surface area contributed by atoms with Gasteiger partial charge in [0.15, 0.2) is 0 Å². The first-order valence-corrected chi connectivity index (χ1v) is 6.88. The molecule has 0 radical (unpaired) electrons. The fourth-order valence-electron chi connectivity index (χ4n) is 3.13. The van der Waals surface area contributed by atoms with Gasteiger partial charge < -0.3 is 10.4 Å². The molecule has 0 aromatic heterocycles. The van der Waals surface area contributed by atoms with Gasteiger partial charge in [-0.05, 0) is 19.4 Å². The monoisotopic (exact) mass is 317 g/mol. The number of hydrogen-bond donors (Lipinski definition) is 2. The first-order chi connectivity index (χ1) is 10.7. The fourth-order valence-corrected chi connectivity index (χ4v) is 3.13. The maximum Gasteiger partial charge on any atom is 0.269 e. The molecular formula is C15H15N3O5. The van der Waals surface area contributed by atoms with E-state index in [4.69, 9.17) is 0 Å². The molecule has 2 N–H and O–H groups in total. The largest absolute Gasteiger partial charge is 0.370 e. The van der Waals surface area contributed by atoms with Crippen LogP contribution in [0.4, 0.5) is 5.69 Å². The standard InChI is InChI=1S/C15H15N3O5/c1-8(19)13-12(9-4-3-5-10(6-9)18(22)23)11(7-16)14(20)17-15(13,2)21/h3-6,11-13,21H,1-2H3,(H,17,20)/t11-,12+,13+,15+/m0/s1. The molecule has 4 atom stereocenters. The van der Waals surface area contributed by atoms with Gasteiger partial charge in [-0.2, -0.15) is 5.26 Å². The molecule has 2 rings (SSSR count). The van der Waals surface area contributed by atoms with Crippen LogP contribution in [0.2, 0.25) is 0 Å². The maximum absolute atomic E-state index is 12.1. The first-order valence-electron chi connectivity index (χ1n) is 6.88. The molecule has 1 aliphatic heterocycles. The summed E-state index contributed by atoms with van der Waals surface area (Å²) in [6.07, 6.45) is 0. The predicted octanol–water partition coefficient (Wildman–Crippen LogP) is 0.862. The average Bonchev–Trinajstić information content (AvgIpc) is 2.45. The van der Waals surface area contributed by atoms with Gasteiger partial charge in [0, 0.05) is 18.1 Å². The van der Waals surface area contributed by atoms with E-state index in [9.17, 15) is 30.1 Å². The summed E-state index contributed by atoms with van der Waals surface area (Å²) in [6, 6.07) is 7.25. The number of non-ortho nitro benzene ring substituents is 1. The zero-order valence-corrected chi connectivity index (χ0v) is 12.5. The molecule has 0 unspecified atom stereocenters. The van der Waals surface area contributed by atoms with Crippen LogP contribution in [0.5, 0.6) is 0 Å². The molecule has 8 nitrogen and oxygen atoms in total. The second-order valence-corrected chi connectivity index (χ2v) is 5.71. The van der Waals surface area contributed by atoms with Gasteiger partial charge in [0.1, 0.15) is 17.4 Å². The third-order valence-corrected chi connectivity index (χ3v) is 4.03. The highest BCUT2D eigenvalue weighted by molar-refractivity contribution is 5.89. The van der Waals surface area contributed by atoms with Gasteiger partial charge in [-0.3, -0.25) is 19.7 Å². The van der Waals surface area contributed by atoms with E-state index >= 15 is 0 Å². The molecule has 1 aromatic carbocycles. The van der Waals surface area contributed by atoms with Crippen molar-refractivity contribution >= 4 is 17.4 Å². The van der Waals surface area contributed by atoms with E-state index in [1.54, 1.807) is 0 Å². The highest BCUT2D eigenvalue weighted by Crippen LogP contribution is 2.42. The van der Waals surface area contributed by atoms with Gasteiger partial charge in [0.2, 0.25) is 5.91 Å². The van der Waals surface area contributed by atoms with Crippen molar-refractivity contribution in [1.82, 2.24) is 5.32 Å². The molecule has 1 amide bonds. The SMILES string of the molecule is CC(=O)[C@@H]1[C@H](c2cccc([N+](=O)[O-])c2)[C@H](C#N)C(=O)N[C@]1(C)O. The minimum Gasteiger partial charge on any atom is -0.370 e. The molecule has 0 saturated carbocycles. The van der Waals surface area contributed by atoms with Gasteiger partial charge in [-0.15, -0.1) is 0 Å². The molecule has 1 saturated heterocycles. The summed E-state index contributed by atoms with van der Waals surface area (Å²) in [4.78, 5) is 34.4. The number of carbonyl (C=O) groups is 2. The number of piperidine rings is 1. The summed E-state index contributed by atoms with van der Waals surface area (Å²) < 4.78 is 0. The van der Waals surface area contributed by atoms with Crippen molar-refractivity contribution in [1.29, 1.82) is 5.26 Å². The Bertz CT molecular complexity index is 722. The second kappa shape index (κ2) is 5.78. The number of nitriles is 1. The molecule has 1 aliphatic rings. The van der Waals surface area contributed by atoms with E-state index < -0.39 is 40.1 Å². The molecule has 8 heteroatoms. The van der Waals surface area contributed by atoms with Crippen LogP contribution in [0.1, 0.15) is 25.3 Å². The van der Waals surface area contributed by atoms with Crippen molar-refractivity contribution in [3.63, 3.8) is 0 Å². The summed E-state index contributed by atoms with van der Waals surface area (Å²) in [7, 11) is 0. The summed E-state index contributed by atoms with van der Waals surface area (Å²) in [5.41, 5.74) is -1.76. The Morgan fingerprint density at radius 2 is 2.17 bits per heavy atom. The Morgan fingerprint density at radius 3 is 2.70 bits per heavy atom. The van der Waals surface area contributed by atoms with Crippen molar-refractivity contribution in [2.75, 3.05) is 0 Å². The highest BCUT2D eigenvalue weighted by atomic mass is 16.6. The number of carbonyl (C=O) groups excluding carboxylic acids is 2. The maximum atomic E-state index is 12.1. The molecule has 0 aliphatic carbocycles. The van der Waals surface area contributed by atoms with E-state index in [2.05, 4.69) is 5.32 Å². The minimum absolute atomic E-state index is 0.216.